The van der Waals surface area contributed by atoms with E-state index in [9.17, 15) is 8.42 Å². The second-order valence-corrected chi connectivity index (χ2v) is 5.68. The molecule has 2 N–H and O–H groups in total. The molecule has 108 valence electrons. The van der Waals surface area contributed by atoms with Crippen molar-refractivity contribution in [3.05, 3.63) is 48.4 Å². The summed E-state index contributed by atoms with van der Waals surface area (Å²) in [5, 5.41) is 8.67. The monoisotopic (exact) mass is 303 g/mol. The summed E-state index contributed by atoms with van der Waals surface area (Å²) >= 11 is 0. The topological polar surface area (TPSA) is 92.2 Å². The maximum atomic E-state index is 12.1. The Kier molecular flexibility index (Phi) is 4.87. The van der Waals surface area contributed by atoms with Crippen LogP contribution in [0.1, 0.15) is 12.0 Å². The van der Waals surface area contributed by atoms with Gasteiger partial charge in [-0.25, -0.2) is 13.4 Å². The molecule has 0 spiro atoms. The van der Waals surface area contributed by atoms with Gasteiger partial charge in [0, 0.05) is 30.6 Å². The van der Waals surface area contributed by atoms with Crippen LogP contribution in [0.4, 0.5) is 5.82 Å². The molecular weight excluding hydrogens is 290 g/mol. The molecule has 0 saturated heterocycles. The first kappa shape index (κ1) is 15.0. The zero-order valence-electron chi connectivity index (χ0n) is 11.0. The second-order valence-electron chi connectivity index (χ2n) is 4.00. The number of pyridine rings is 2. The van der Waals surface area contributed by atoms with Gasteiger partial charge in [0.2, 0.25) is 0 Å². The molecule has 6 nitrogen and oxygen atoms in total. The highest BCUT2D eigenvalue weighted by Crippen LogP contribution is 2.13. The van der Waals surface area contributed by atoms with Gasteiger partial charge in [0.25, 0.3) is 10.0 Å². The van der Waals surface area contributed by atoms with Crippen molar-refractivity contribution in [2.45, 2.75) is 11.3 Å². The molecule has 0 aliphatic heterocycles. The SMILES string of the molecule is O=S(=O)(Nc1cc(C#CCCO)ccn1)c1cccnc1. The lowest BCUT2D eigenvalue weighted by Crippen LogP contribution is -2.14. The van der Waals surface area contributed by atoms with E-state index in [0.717, 1.165) is 0 Å². The molecule has 2 rings (SSSR count). The first-order valence-corrected chi connectivity index (χ1v) is 7.59. The summed E-state index contributed by atoms with van der Waals surface area (Å²) in [4.78, 5) is 7.78. The summed E-state index contributed by atoms with van der Waals surface area (Å²) in [6, 6.07) is 6.17. The lowest BCUT2D eigenvalue weighted by atomic mass is 10.2. The van der Waals surface area contributed by atoms with Crippen LogP contribution in [0.15, 0.2) is 47.8 Å². The van der Waals surface area contributed by atoms with Gasteiger partial charge in [0.05, 0.1) is 6.61 Å². The van der Waals surface area contributed by atoms with Crippen LogP contribution in [-0.2, 0) is 10.0 Å². The van der Waals surface area contributed by atoms with Crippen LogP contribution >= 0.6 is 0 Å². The minimum Gasteiger partial charge on any atom is -0.395 e. The molecule has 0 atom stereocenters. The molecule has 2 aromatic heterocycles. The predicted octanol–water partition coefficient (Wildman–Crippen LogP) is 1.01. The third-order valence-electron chi connectivity index (χ3n) is 2.41. The molecule has 0 radical (unpaired) electrons. The van der Waals surface area contributed by atoms with Gasteiger partial charge < -0.3 is 5.11 Å². The Hall–Kier alpha value is -2.43. The van der Waals surface area contributed by atoms with Crippen molar-refractivity contribution in [3.63, 3.8) is 0 Å². The molecule has 0 aliphatic carbocycles. The lowest BCUT2D eigenvalue weighted by Gasteiger charge is -2.06. The Bertz CT molecular complexity index is 765. The normalized spacial score (nSPS) is 10.5. The third-order valence-corrected chi connectivity index (χ3v) is 3.75. The Balaban J connectivity index is 2.21. The second kappa shape index (κ2) is 6.83. The highest BCUT2D eigenvalue weighted by Gasteiger charge is 2.14. The smallest absolute Gasteiger partial charge is 0.264 e. The minimum absolute atomic E-state index is 0.0153. The Morgan fingerprint density at radius 3 is 2.86 bits per heavy atom. The van der Waals surface area contributed by atoms with E-state index in [1.54, 1.807) is 12.1 Å². The Labute approximate surface area is 122 Å². The third kappa shape index (κ3) is 4.27. The molecular formula is C14H13N3O3S. The van der Waals surface area contributed by atoms with Crippen LogP contribution in [0.25, 0.3) is 0 Å². The first-order valence-electron chi connectivity index (χ1n) is 6.10. The summed E-state index contributed by atoms with van der Waals surface area (Å²) in [6.45, 7) is -0.0153. The van der Waals surface area contributed by atoms with Crippen molar-refractivity contribution >= 4 is 15.8 Å². The highest BCUT2D eigenvalue weighted by molar-refractivity contribution is 7.92. The molecule has 0 fully saturated rings. The van der Waals surface area contributed by atoms with Crippen LogP contribution in [0.5, 0.6) is 0 Å². The van der Waals surface area contributed by atoms with Gasteiger partial charge in [-0.05, 0) is 24.3 Å². The van der Waals surface area contributed by atoms with E-state index in [0.29, 0.717) is 12.0 Å². The highest BCUT2D eigenvalue weighted by atomic mass is 32.2. The maximum absolute atomic E-state index is 12.1. The molecule has 0 aliphatic rings. The maximum Gasteiger partial charge on any atom is 0.264 e. The fourth-order valence-corrected chi connectivity index (χ4v) is 2.45. The standard InChI is InChI=1S/C14H13N3O3S/c18-9-2-1-4-12-6-8-16-14(10-12)17-21(19,20)13-5-3-7-15-11-13/h3,5-8,10-11,18H,2,9H2,(H,16,17). The van der Waals surface area contributed by atoms with Crippen LogP contribution in [0.2, 0.25) is 0 Å². The van der Waals surface area contributed by atoms with Gasteiger partial charge in [-0.2, -0.15) is 0 Å². The summed E-state index contributed by atoms with van der Waals surface area (Å²) in [5.74, 6) is 5.75. The van der Waals surface area contributed by atoms with E-state index in [2.05, 4.69) is 26.5 Å². The van der Waals surface area contributed by atoms with E-state index >= 15 is 0 Å². The van der Waals surface area contributed by atoms with Gasteiger partial charge in [0.1, 0.15) is 10.7 Å². The van der Waals surface area contributed by atoms with Crippen LogP contribution in [0.3, 0.4) is 0 Å². The van der Waals surface area contributed by atoms with Crippen molar-refractivity contribution in [1.82, 2.24) is 9.97 Å². The van der Waals surface area contributed by atoms with Crippen molar-refractivity contribution in [1.29, 1.82) is 0 Å². The molecule has 21 heavy (non-hydrogen) atoms. The van der Waals surface area contributed by atoms with Crippen molar-refractivity contribution in [2.75, 3.05) is 11.3 Å². The summed E-state index contributed by atoms with van der Waals surface area (Å²) in [5.41, 5.74) is 0.613. The molecule has 0 bridgehead atoms. The predicted molar refractivity (Wildman–Crippen MR) is 77.9 cm³/mol. The minimum atomic E-state index is -3.72. The number of hydrogen-bond acceptors (Lipinski definition) is 5. The van der Waals surface area contributed by atoms with Gasteiger partial charge >= 0.3 is 0 Å². The molecule has 0 saturated carbocycles. The van der Waals surface area contributed by atoms with Crippen molar-refractivity contribution in [3.8, 4) is 11.8 Å². The van der Waals surface area contributed by atoms with E-state index in [4.69, 9.17) is 5.11 Å². The summed E-state index contributed by atoms with van der Waals surface area (Å²) in [7, 11) is -3.72. The summed E-state index contributed by atoms with van der Waals surface area (Å²) in [6.07, 6.45) is 4.57. The van der Waals surface area contributed by atoms with Crippen molar-refractivity contribution < 1.29 is 13.5 Å². The fourth-order valence-electron chi connectivity index (χ4n) is 1.49. The number of hydrogen-bond donors (Lipinski definition) is 2. The zero-order valence-corrected chi connectivity index (χ0v) is 11.8. The van der Waals surface area contributed by atoms with Crippen molar-refractivity contribution in [2.24, 2.45) is 0 Å². The van der Waals surface area contributed by atoms with Gasteiger partial charge in [0.15, 0.2) is 0 Å². The molecule has 2 heterocycles. The molecule has 0 aromatic carbocycles. The average Bonchev–Trinajstić information content (AvgIpc) is 2.48. The number of anilines is 1. The number of sulfonamides is 1. The Morgan fingerprint density at radius 2 is 2.14 bits per heavy atom. The van der Waals surface area contributed by atoms with E-state index in [1.807, 2.05) is 0 Å². The lowest BCUT2D eigenvalue weighted by molar-refractivity contribution is 0.305. The van der Waals surface area contributed by atoms with Crippen LogP contribution < -0.4 is 4.72 Å². The largest absolute Gasteiger partial charge is 0.395 e. The Morgan fingerprint density at radius 1 is 1.29 bits per heavy atom. The van der Waals surface area contributed by atoms with E-state index in [1.165, 1.54) is 30.7 Å². The van der Waals surface area contributed by atoms with Gasteiger partial charge in [-0.15, -0.1) is 0 Å². The number of aliphatic hydroxyl groups is 1. The molecule has 7 heteroatoms. The quantitative estimate of drug-likeness (QED) is 0.822. The average molecular weight is 303 g/mol. The van der Waals surface area contributed by atoms with Gasteiger partial charge in [-0.3, -0.25) is 9.71 Å². The van der Waals surface area contributed by atoms with E-state index in [-0.39, 0.29) is 17.3 Å². The number of nitrogens with one attached hydrogen (secondary N) is 1. The summed E-state index contributed by atoms with van der Waals surface area (Å²) < 4.78 is 26.6. The number of aromatic nitrogens is 2. The number of rotatable bonds is 4. The fraction of sp³-hybridized carbons (Fsp3) is 0.143. The molecule has 0 unspecified atom stereocenters. The van der Waals surface area contributed by atoms with Gasteiger partial charge in [-0.1, -0.05) is 11.8 Å². The molecule has 0 amide bonds. The van der Waals surface area contributed by atoms with Crippen LogP contribution in [-0.4, -0.2) is 30.1 Å². The van der Waals surface area contributed by atoms with E-state index < -0.39 is 10.0 Å². The number of aliphatic hydroxyl groups excluding tert-OH is 1. The zero-order chi connectivity index (χ0) is 15.1. The van der Waals surface area contributed by atoms with Crippen LogP contribution in [0, 0.1) is 11.8 Å². The molecule has 2 aromatic rings. The number of nitrogens with zero attached hydrogens (tertiary/aromatic N) is 2. The first-order chi connectivity index (χ1) is 10.1.